The van der Waals surface area contributed by atoms with Gasteiger partial charge in [0, 0.05) is 10.6 Å². The first kappa shape index (κ1) is 14.8. The highest BCUT2D eigenvalue weighted by Crippen LogP contribution is 2.19. The van der Waals surface area contributed by atoms with E-state index in [2.05, 4.69) is 0 Å². The maximum absolute atomic E-state index is 13.7. The van der Waals surface area contributed by atoms with E-state index in [0.29, 0.717) is 10.6 Å². The van der Waals surface area contributed by atoms with Crippen LogP contribution in [0.4, 0.5) is 10.1 Å². The van der Waals surface area contributed by atoms with Crippen molar-refractivity contribution in [2.45, 2.75) is 11.5 Å². The molecule has 2 N–H and O–H groups in total. The van der Waals surface area contributed by atoms with Crippen molar-refractivity contribution in [2.24, 2.45) is 0 Å². The second kappa shape index (κ2) is 5.81. The number of sulfone groups is 1. The molecule has 0 bridgehead atoms. The molecule has 106 valence electrons. The van der Waals surface area contributed by atoms with Crippen LogP contribution in [-0.2, 0) is 21.3 Å². The van der Waals surface area contributed by atoms with E-state index < -0.39 is 15.7 Å². The van der Waals surface area contributed by atoms with Crippen LogP contribution in [0.15, 0.2) is 42.5 Å². The zero-order valence-corrected chi connectivity index (χ0v) is 12.1. The zero-order chi connectivity index (χ0) is 14.8. The fourth-order valence-electron chi connectivity index (χ4n) is 1.83. The molecule has 0 saturated heterocycles. The van der Waals surface area contributed by atoms with Crippen LogP contribution >= 0.6 is 11.6 Å². The molecule has 0 aromatic heterocycles. The first-order valence-electron chi connectivity index (χ1n) is 5.85. The van der Waals surface area contributed by atoms with Crippen LogP contribution < -0.4 is 5.73 Å². The summed E-state index contributed by atoms with van der Waals surface area (Å²) in [5, 5.41) is 0.535. The Morgan fingerprint density at radius 2 is 1.70 bits per heavy atom. The Bertz CT molecular complexity index is 714. The van der Waals surface area contributed by atoms with E-state index in [1.807, 2.05) is 0 Å². The van der Waals surface area contributed by atoms with Gasteiger partial charge in [-0.25, -0.2) is 12.8 Å². The van der Waals surface area contributed by atoms with Crippen molar-refractivity contribution in [3.63, 3.8) is 0 Å². The number of hydrogen-bond donors (Lipinski definition) is 1. The van der Waals surface area contributed by atoms with Crippen LogP contribution in [0.25, 0.3) is 0 Å². The van der Waals surface area contributed by atoms with Crippen molar-refractivity contribution < 1.29 is 12.8 Å². The van der Waals surface area contributed by atoms with Crippen LogP contribution in [0.1, 0.15) is 11.1 Å². The smallest absolute Gasteiger partial charge is 0.158 e. The Labute approximate surface area is 122 Å². The number of anilines is 1. The fraction of sp³-hybridized carbons (Fsp3) is 0.143. The molecular weight excluding hydrogens is 301 g/mol. The highest BCUT2D eigenvalue weighted by molar-refractivity contribution is 7.89. The summed E-state index contributed by atoms with van der Waals surface area (Å²) in [5.41, 5.74) is 6.06. The molecule has 0 amide bonds. The molecule has 0 aliphatic carbocycles. The van der Waals surface area contributed by atoms with Gasteiger partial charge < -0.3 is 5.73 Å². The van der Waals surface area contributed by atoms with Crippen molar-refractivity contribution in [1.82, 2.24) is 0 Å². The van der Waals surface area contributed by atoms with E-state index in [1.165, 1.54) is 18.2 Å². The topological polar surface area (TPSA) is 60.2 Å². The molecule has 2 aromatic carbocycles. The van der Waals surface area contributed by atoms with Crippen LogP contribution in [0.2, 0.25) is 5.02 Å². The summed E-state index contributed by atoms with van der Waals surface area (Å²) >= 11 is 5.74. The van der Waals surface area contributed by atoms with Gasteiger partial charge in [-0.15, -0.1) is 0 Å². The van der Waals surface area contributed by atoms with Gasteiger partial charge in [0.05, 0.1) is 17.2 Å². The molecule has 2 rings (SSSR count). The normalized spacial score (nSPS) is 11.5. The summed E-state index contributed by atoms with van der Waals surface area (Å²) in [6.07, 6.45) is 0. The molecule has 0 saturated carbocycles. The van der Waals surface area contributed by atoms with Crippen molar-refractivity contribution >= 4 is 27.1 Å². The minimum absolute atomic E-state index is 0.0517. The summed E-state index contributed by atoms with van der Waals surface area (Å²) in [7, 11) is -3.48. The summed E-state index contributed by atoms with van der Waals surface area (Å²) in [5.74, 6) is -1.22. The Hall–Kier alpha value is -1.59. The summed E-state index contributed by atoms with van der Waals surface area (Å²) in [6, 6.07) is 10.9. The minimum atomic E-state index is -3.48. The van der Waals surface area contributed by atoms with Gasteiger partial charge in [0.2, 0.25) is 0 Å². The van der Waals surface area contributed by atoms with Gasteiger partial charge in [-0.05, 0) is 23.8 Å². The quantitative estimate of drug-likeness (QED) is 0.882. The van der Waals surface area contributed by atoms with Gasteiger partial charge in [-0.1, -0.05) is 35.9 Å². The molecule has 0 radical (unpaired) electrons. The van der Waals surface area contributed by atoms with Crippen molar-refractivity contribution in [2.75, 3.05) is 5.73 Å². The molecular formula is C14H13ClFNO2S. The summed E-state index contributed by atoms with van der Waals surface area (Å²) in [4.78, 5) is 0. The Morgan fingerprint density at radius 3 is 2.35 bits per heavy atom. The van der Waals surface area contributed by atoms with Gasteiger partial charge in [0.1, 0.15) is 5.82 Å². The molecule has 0 unspecified atom stereocenters. The third-order valence-electron chi connectivity index (χ3n) is 2.78. The molecule has 0 aliphatic heterocycles. The highest BCUT2D eigenvalue weighted by Gasteiger charge is 2.16. The van der Waals surface area contributed by atoms with E-state index in [4.69, 9.17) is 17.3 Å². The molecule has 0 spiro atoms. The maximum atomic E-state index is 13.7. The first-order chi connectivity index (χ1) is 9.37. The predicted molar refractivity (Wildman–Crippen MR) is 78.6 cm³/mol. The van der Waals surface area contributed by atoms with E-state index in [-0.39, 0.29) is 22.8 Å². The third-order valence-corrected chi connectivity index (χ3v) is 4.56. The summed E-state index contributed by atoms with van der Waals surface area (Å²) < 4.78 is 37.9. The van der Waals surface area contributed by atoms with Gasteiger partial charge in [0.25, 0.3) is 0 Å². The number of nitrogens with two attached hydrogens (primary N) is 1. The monoisotopic (exact) mass is 313 g/mol. The lowest BCUT2D eigenvalue weighted by molar-refractivity contribution is 0.587. The van der Waals surface area contributed by atoms with Crippen molar-refractivity contribution in [3.8, 4) is 0 Å². The SMILES string of the molecule is Nc1cccc(CS(=O)(=O)Cc2ccc(Cl)cc2)c1F. The van der Waals surface area contributed by atoms with Gasteiger partial charge in [-0.3, -0.25) is 0 Å². The molecule has 0 fully saturated rings. The van der Waals surface area contributed by atoms with Gasteiger partial charge in [-0.2, -0.15) is 0 Å². The lowest BCUT2D eigenvalue weighted by Crippen LogP contribution is -2.09. The van der Waals surface area contributed by atoms with Gasteiger partial charge >= 0.3 is 0 Å². The standard InChI is InChI=1S/C14H13ClFNO2S/c15-12-6-4-10(5-7-12)8-20(18,19)9-11-2-1-3-13(17)14(11)16/h1-7H,8-9,17H2. The fourth-order valence-corrected chi connectivity index (χ4v) is 3.46. The number of rotatable bonds is 4. The lowest BCUT2D eigenvalue weighted by Gasteiger charge is -2.07. The number of benzene rings is 2. The van der Waals surface area contributed by atoms with E-state index in [1.54, 1.807) is 24.3 Å². The summed E-state index contributed by atoms with van der Waals surface area (Å²) in [6.45, 7) is 0. The minimum Gasteiger partial charge on any atom is -0.396 e. The van der Waals surface area contributed by atoms with Crippen molar-refractivity contribution in [3.05, 3.63) is 64.4 Å². The second-order valence-electron chi connectivity index (χ2n) is 4.48. The zero-order valence-electron chi connectivity index (χ0n) is 10.5. The van der Waals surface area contributed by atoms with Crippen molar-refractivity contribution in [1.29, 1.82) is 0 Å². The average molecular weight is 314 g/mol. The number of nitrogen functional groups attached to an aromatic ring is 1. The highest BCUT2D eigenvalue weighted by atomic mass is 35.5. The number of hydrogen-bond acceptors (Lipinski definition) is 3. The van der Waals surface area contributed by atoms with Crippen LogP contribution in [0.5, 0.6) is 0 Å². The number of halogens is 2. The molecule has 2 aromatic rings. The van der Waals surface area contributed by atoms with Gasteiger partial charge in [0.15, 0.2) is 9.84 Å². The lowest BCUT2D eigenvalue weighted by atomic mass is 10.2. The Kier molecular flexibility index (Phi) is 4.30. The first-order valence-corrected chi connectivity index (χ1v) is 8.05. The molecule has 6 heteroatoms. The molecule has 0 aliphatic rings. The Morgan fingerprint density at radius 1 is 1.05 bits per heavy atom. The molecule has 0 atom stereocenters. The second-order valence-corrected chi connectivity index (χ2v) is 6.98. The van der Waals surface area contributed by atoms with E-state index in [0.717, 1.165) is 0 Å². The third kappa shape index (κ3) is 3.71. The maximum Gasteiger partial charge on any atom is 0.158 e. The Balaban J connectivity index is 2.19. The molecule has 3 nitrogen and oxygen atoms in total. The van der Waals surface area contributed by atoms with Crippen LogP contribution in [0.3, 0.4) is 0 Å². The predicted octanol–water partition coefficient (Wildman–Crippen LogP) is 3.18. The molecule has 20 heavy (non-hydrogen) atoms. The van der Waals surface area contributed by atoms with Crippen LogP contribution in [0, 0.1) is 5.82 Å². The van der Waals surface area contributed by atoms with Crippen LogP contribution in [-0.4, -0.2) is 8.42 Å². The molecule has 0 heterocycles. The van der Waals surface area contributed by atoms with E-state index in [9.17, 15) is 12.8 Å². The van der Waals surface area contributed by atoms with E-state index >= 15 is 0 Å². The average Bonchev–Trinajstić information content (AvgIpc) is 2.37. The largest absolute Gasteiger partial charge is 0.396 e.